The van der Waals surface area contributed by atoms with Gasteiger partial charge in [0, 0.05) is 29.3 Å². The maximum absolute atomic E-state index is 11.6. The fourth-order valence-corrected chi connectivity index (χ4v) is 2.54. The van der Waals surface area contributed by atoms with Crippen molar-refractivity contribution in [3.63, 3.8) is 0 Å². The first-order chi connectivity index (χ1) is 8.47. The number of nitrogens with two attached hydrogens (primary N) is 1. The summed E-state index contributed by atoms with van der Waals surface area (Å²) in [6.07, 6.45) is 0. The van der Waals surface area contributed by atoms with Gasteiger partial charge in [0.15, 0.2) is 0 Å². The Hall–Kier alpha value is -1.14. The molecule has 0 aromatic heterocycles. The highest BCUT2D eigenvalue weighted by Crippen LogP contribution is 2.27. The molecular weight excluding hydrogens is 314 g/mol. The van der Waals surface area contributed by atoms with E-state index in [1.807, 2.05) is 37.1 Å². The van der Waals surface area contributed by atoms with Gasteiger partial charge in [-0.15, -0.1) is 0 Å². The minimum atomic E-state index is -0.0335. The van der Waals surface area contributed by atoms with Crippen LogP contribution in [0.15, 0.2) is 22.7 Å². The van der Waals surface area contributed by atoms with Crippen LogP contribution in [0, 0.1) is 0 Å². The minimum Gasteiger partial charge on any atom is -0.389 e. The summed E-state index contributed by atoms with van der Waals surface area (Å²) in [6, 6.07) is 5.64. The number of benzene rings is 1. The van der Waals surface area contributed by atoms with E-state index in [9.17, 15) is 4.79 Å². The molecule has 0 bridgehead atoms. The van der Waals surface area contributed by atoms with E-state index in [0.717, 1.165) is 15.7 Å². The van der Waals surface area contributed by atoms with E-state index in [2.05, 4.69) is 21.2 Å². The van der Waals surface area contributed by atoms with E-state index in [4.69, 9.17) is 18.0 Å². The molecule has 0 heterocycles. The summed E-state index contributed by atoms with van der Waals surface area (Å²) in [5.74, 6) is -0.0335. The summed E-state index contributed by atoms with van der Waals surface area (Å²) < 4.78 is 0.829. The highest BCUT2D eigenvalue weighted by atomic mass is 79.9. The zero-order valence-corrected chi connectivity index (χ0v) is 12.8. The van der Waals surface area contributed by atoms with E-state index in [0.29, 0.717) is 11.5 Å². The number of likely N-dealkylation sites (N-methyl/N-ethyl adjacent to an activating group) is 2. The van der Waals surface area contributed by atoms with Crippen LogP contribution in [0.4, 0.5) is 5.69 Å². The number of nitrogens with zero attached hydrogens (tertiary/aromatic N) is 1. The van der Waals surface area contributed by atoms with Gasteiger partial charge in [0.1, 0.15) is 4.99 Å². The number of carbonyl (C=O) groups excluding carboxylic acids is 1. The van der Waals surface area contributed by atoms with Crippen molar-refractivity contribution in [3.05, 3.63) is 28.2 Å². The van der Waals surface area contributed by atoms with Crippen LogP contribution in [-0.4, -0.2) is 31.0 Å². The van der Waals surface area contributed by atoms with Crippen molar-refractivity contribution in [3.8, 4) is 0 Å². The molecule has 0 aliphatic heterocycles. The Balaban J connectivity index is 2.98. The predicted octanol–water partition coefficient (Wildman–Crippen LogP) is 1.66. The fraction of sp³-hybridized carbons (Fsp3) is 0.333. The summed E-state index contributed by atoms with van der Waals surface area (Å²) in [6.45, 7) is 2.77. The highest BCUT2D eigenvalue weighted by Gasteiger charge is 2.14. The second-order valence-corrected chi connectivity index (χ2v) is 5.10. The first-order valence-corrected chi connectivity index (χ1v) is 6.73. The minimum absolute atomic E-state index is 0.0335. The number of thiocarbonyl (C=S) groups is 1. The molecule has 98 valence electrons. The van der Waals surface area contributed by atoms with Gasteiger partial charge < -0.3 is 16.0 Å². The van der Waals surface area contributed by atoms with Gasteiger partial charge >= 0.3 is 0 Å². The van der Waals surface area contributed by atoms with Gasteiger partial charge in [0.2, 0.25) is 5.91 Å². The molecule has 1 amide bonds. The third kappa shape index (κ3) is 3.68. The number of halogens is 1. The Kier molecular flexibility index (Phi) is 5.55. The van der Waals surface area contributed by atoms with Gasteiger partial charge in [-0.05, 0) is 35.0 Å². The molecule has 6 heteroatoms. The van der Waals surface area contributed by atoms with Crippen molar-refractivity contribution in [1.82, 2.24) is 5.32 Å². The first kappa shape index (κ1) is 14.9. The average molecular weight is 330 g/mol. The molecule has 0 saturated carbocycles. The summed E-state index contributed by atoms with van der Waals surface area (Å²) in [5, 5.41) is 2.75. The standard InChI is InChI=1S/C12H16BrN3OS/c1-3-15-10(17)7-16(2)9-6-4-5-8(13)11(9)12(14)18/h4-6H,3,7H2,1-2H3,(H2,14,18)(H,15,17). The van der Waals surface area contributed by atoms with E-state index in [1.54, 1.807) is 0 Å². The summed E-state index contributed by atoms with van der Waals surface area (Å²) in [7, 11) is 1.83. The Morgan fingerprint density at radius 2 is 2.22 bits per heavy atom. The van der Waals surface area contributed by atoms with Crippen LogP contribution in [0.3, 0.4) is 0 Å². The molecular formula is C12H16BrN3OS. The molecule has 0 atom stereocenters. The van der Waals surface area contributed by atoms with E-state index in [-0.39, 0.29) is 12.5 Å². The lowest BCUT2D eigenvalue weighted by Gasteiger charge is -2.22. The third-order valence-corrected chi connectivity index (χ3v) is 3.27. The zero-order chi connectivity index (χ0) is 13.7. The van der Waals surface area contributed by atoms with Crippen LogP contribution in [0.1, 0.15) is 12.5 Å². The van der Waals surface area contributed by atoms with Crippen LogP contribution in [-0.2, 0) is 4.79 Å². The number of carbonyl (C=O) groups is 1. The zero-order valence-electron chi connectivity index (χ0n) is 10.4. The topological polar surface area (TPSA) is 58.4 Å². The van der Waals surface area contributed by atoms with Gasteiger partial charge in [-0.3, -0.25) is 4.79 Å². The molecule has 0 aliphatic rings. The van der Waals surface area contributed by atoms with Crippen molar-refractivity contribution in [2.45, 2.75) is 6.92 Å². The molecule has 0 spiro atoms. The highest BCUT2D eigenvalue weighted by molar-refractivity contribution is 9.10. The smallest absolute Gasteiger partial charge is 0.239 e. The van der Waals surface area contributed by atoms with Gasteiger partial charge in [-0.25, -0.2) is 0 Å². The molecule has 1 aromatic rings. The first-order valence-electron chi connectivity index (χ1n) is 5.53. The molecule has 18 heavy (non-hydrogen) atoms. The van der Waals surface area contributed by atoms with Gasteiger partial charge in [-0.2, -0.15) is 0 Å². The third-order valence-electron chi connectivity index (χ3n) is 2.40. The molecule has 1 rings (SSSR count). The van der Waals surface area contributed by atoms with Gasteiger partial charge in [0.25, 0.3) is 0 Å². The second kappa shape index (κ2) is 6.70. The quantitative estimate of drug-likeness (QED) is 0.806. The lowest BCUT2D eigenvalue weighted by molar-refractivity contribution is -0.119. The van der Waals surface area contributed by atoms with Crippen LogP contribution < -0.4 is 16.0 Å². The maximum Gasteiger partial charge on any atom is 0.239 e. The Labute approximate surface area is 121 Å². The lowest BCUT2D eigenvalue weighted by Crippen LogP contribution is -2.35. The Morgan fingerprint density at radius 1 is 1.56 bits per heavy atom. The molecule has 0 fully saturated rings. The van der Waals surface area contributed by atoms with E-state index >= 15 is 0 Å². The van der Waals surface area contributed by atoms with Crippen molar-refractivity contribution >= 4 is 44.7 Å². The number of hydrogen-bond donors (Lipinski definition) is 2. The number of hydrogen-bond acceptors (Lipinski definition) is 3. The monoisotopic (exact) mass is 329 g/mol. The van der Waals surface area contributed by atoms with Crippen LogP contribution in [0.5, 0.6) is 0 Å². The molecule has 1 aromatic carbocycles. The fourth-order valence-electron chi connectivity index (χ4n) is 1.63. The molecule has 4 nitrogen and oxygen atoms in total. The van der Waals surface area contributed by atoms with Crippen molar-refractivity contribution < 1.29 is 4.79 Å². The average Bonchev–Trinajstić information content (AvgIpc) is 2.28. The molecule has 0 radical (unpaired) electrons. The maximum atomic E-state index is 11.6. The molecule has 3 N–H and O–H groups in total. The molecule has 0 aliphatic carbocycles. The van der Waals surface area contributed by atoms with Crippen LogP contribution in [0.25, 0.3) is 0 Å². The summed E-state index contributed by atoms with van der Waals surface area (Å²) >= 11 is 8.46. The van der Waals surface area contributed by atoms with Crippen LogP contribution in [0.2, 0.25) is 0 Å². The van der Waals surface area contributed by atoms with Gasteiger partial charge in [-0.1, -0.05) is 18.3 Å². The normalized spacial score (nSPS) is 9.94. The van der Waals surface area contributed by atoms with Crippen molar-refractivity contribution in [2.24, 2.45) is 5.73 Å². The number of nitrogens with one attached hydrogen (secondary N) is 1. The second-order valence-electron chi connectivity index (χ2n) is 3.81. The van der Waals surface area contributed by atoms with Gasteiger partial charge in [0.05, 0.1) is 6.54 Å². The largest absolute Gasteiger partial charge is 0.389 e. The lowest BCUT2D eigenvalue weighted by atomic mass is 10.1. The molecule has 0 unspecified atom stereocenters. The Bertz CT molecular complexity index is 465. The predicted molar refractivity (Wildman–Crippen MR) is 82.0 cm³/mol. The number of amides is 1. The van der Waals surface area contributed by atoms with Crippen molar-refractivity contribution in [2.75, 3.05) is 25.0 Å². The van der Waals surface area contributed by atoms with E-state index < -0.39 is 0 Å². The van der Waals surface area contributed by atoms with Crippen LogP contribution >= 0.6 is 28.1 Å². The SMILES string of the molecule is CCNC(=O)CN(C)c1cccc(Br)c1C(N)=S. The molecule has 0 saturated heterocycles. The van der Waals surface area contributed by atoms with E-state index in [1.165, 1.54) is 0 Å². The number of anilines is 1. The van der Waals surface area contributed by atoms with Crippen molar-refractivity contribution in [1.29, 1.82) is 0 Å². The summed E-state index contributed by atoms with van der Waals surface area (Å²) in [5.41, 5.74) is 7.30. The number of rotatable bonds is 5. The Morgan fingerprint density at radius 3 is 2.78 bits per heavy atom. The summed E-state index contributed by atoms with van der Waals surface area (Å²) in [4.78, 5) is 13.7.